The zero-order chi connectivity index (χ0) is 11.8. The van der Waals surface area contributed by atoms with Crippen LogP contribution in [0.15, 0.2) is 0 Å². The van der Waals surface area contributed by atoms with Crippen LogP contribution < -0.4 is 0 Å². The third kappa shape index (κ3) is 8.30. The molecule has 0 atom stereocenters. The average Bonchev–Trinajstić information content (AvgIpc) is 2.13. The quantitative estimate of drug-likeness (QED) is 0.723. The van der Waals surface area contributed by atoms with Gasteiger partial charge >= 0.3 is 5.97 Å². The standard InChI is InChI=1S/C10H19NO3S/c1-8(2)15-7-9(12)11(3)6-4-5-10(13)14/h8H,4-7H2,1-3H3,(H,13,14). The van der Waals surface area contributed by atoms with E-state index in [1.165, 1.54) is 0 Å². The van der Waals surface area contributed by atoms with Gasteiger partial charge < -0.3 is 10.0 Å². The zero-order valence-electron chi connectivity index (χ0n) is 9.52. The normalized spacial score (nSPS) is 10.4. The first-order chi connectivity index (χ1) is 6.93. The highest BCUT2D eigenvalue weighted by atomic mass is 32.2. The van der Waals surface area contributed by atoms with Gasteiger partial charge in [0.1, 0.15) is 0 Å². The van der Waals surface area contributed by atoms with Gasteiger partial charge in [-0.3, -0.25) is 9.59 Å². The Hall–Kier alpha value is -0.710. The molecule has 0 spiro atoms. The summed E-state index contributed by atoms with van der Waals surface area (Å²) in [5.74, 6) is -0.271. The minimum absolute atomic E-state index is 0.0686. The first-order valence-electron chi connectivity index (χ1n) is 5.01. The Morgan fingerprint density at radius 3 is 2.47 bits per heavy atom. The van der Waals surface area contributed by atoms with E-state index in [2.05, 4.69) is 0 Å². The van der Waals surface area contributed by atoms with E-state index in [0.717, 1.165) is 0 Å². The summed E-state index contributed by atoms with van der Waals surface area (Å²) in [6.07, 6.45) is 0.638. The second-order valence-corrected chi connectivity index (χ2v) is 5.24. The van der Waals surface area contributed by atoms with Crippen molar-refractivity contribution in [2.75, 3.05) is 19.3 Å². The molecule has 0 fully saturated rings. The van der Waals surface area contributed by atoms with Crippen molar-refractivity contribution >= 4 is 23.6 Å². The van der Waals surface area contributed by atoms with Gasteiger partial charge in [0.15, 0.2) is 0 Å². The van der Waals surface area contributed by atoms with E-state index in [4.69, 9.17) is 5.11 Å². The van der Waals surface area contributed by atoms with Gasteiger partial charge in [-0.05, 0) is 11.7 Å². The first-order valence-corrected chi connectivity index (χ1v) is 6.05. The fraction of sp³-hybridized carbons (Fsp3) is 0.800. The Morgan fingerprint density at radius 1 is 1.40 bits per heavy atom. The summed E-state index contributed by atoms with van der Waals surface area (Å²) < 4.78 is 0. The Bertz CT molecular complexity index is 219. The molecule has 1 amide bonds. The van der Waals surface area contributed by atoms with E-state index >= 15 is 0 Å². The minimum atomic E-state index is -0.813. The number of carbonyl (C=O) groups is 2. The maximum absolute atomic E-state index is 11.5. The second-order valence-electron chi connectivity index (χ2n) is 3.67. The molecule has 0 saturated heterocycles. The Labute approximate surface area is 95.0 Å². The number of hydrogen-bond donors (Lipinski definition) is 1. The lowest BCUT2D eigenvalue weighted by Crippen LogP contribution is -2.30. The van der Waals surface area contributed by atoms with E-state index < -0.39 is 5.97 Å². The fourth-order valence-corrected chi connectivity index (χ4v) is 1.64. The van der Waals surface area contributed by atoms with Gasteiger partial charge in [0.05, 0.1) is 5.75 Å². The molecule has 0 heterocycles. The van der Waals surface area contributed by atoms with Crippen molar-refractivity contribution in [3.63, 3.8) is 0 Å². The van der Waals surface area contributed by atoms with E-state index in [1.807, 2.05) is 13.8 Å². The molecule has 0 bridgehead atoms. The SMILES string of the molecule is CC(C)SCC(=O)N(C)CCCC(=O)O. The van der Waals surface area contributed by atoms with Crippen LogP contribution in [0, 0.1) is 0 Å². The lowest BCUT2D eigenvalue weighted by Gasteiger charge is -2.16. The molecule has 0 aliphatic heterocycles. The summed E-state index contributed by atoms with van der Waals surface area (Å²) >= 11 is 1.60. The third-order valence-corrected chi connectivity index (χ3v) is 2.93. The third-order valence-electron chi connectivity index (χ3n) is 1.85. The maximum Gasteiger partial charge on any atom is 0.303 e. The summed E-state index contributed by atoms with van der Waals surface area (Å²) in [6.45, 7) is 4.61. The van der Waals surface area contributed by atoms with Gasteiger partial charge in [-0.25, -0.2) is 0 Å². The lowest BCUT2D eigenvalue weighted by molar-refractivity contribution is -0.137. The molecular formula is C10H19NO3S. The van der Waals surface area contributed by atoms with Crippen LogP contribution in [-0.4, -0.2) is 46.5 Å². The number of carbonyl (C=O) groups excluding carboxylic acids is 1. The molecular weight excluding hydrogens is 214 g/mol. The van der Waals surface area contributed by atoms with E-state index in [-0.39, 0.29) is 12.3 Å². The van der Waals surface area contributed by atoms with E-state index in [0.29, 0.717) is 24.0 Å². The van der Waals surface area contributed by atoms with Crippen molar-refractivity contribution in [3.8, 4) is 0 Å². The highest BCUT2D eigenvalue weighted by Crippen LogP contribution is 2.09. The van der Waals surface area contributed by atoms with Crippen LogP contribution >= 0.6 is 11.8 Å². The molecule has 0 aromatic heterocycles. The molecule has 88 valence electrons. The summed E-state index contributed by atoms with van der Waals surface area (Å²) in [5.41, 5.74) is 0. The van der Waals surface area contributed by atoms with Crippen LogP contribution in [0.2, 0.25) is 0 Å². The first kappa shape index (κ1) is 14.3. The number of thioether (sulfide) groups is 1. The summed E-state index contributed by atoms with van der Waals surface area (Å²) in [5, 5.41) is 8.88. The molecule has 0 aromatic rings. The van der Waals surface area contributed by atoms with Crippen molar-refractivity contribution in [1.82, 2.24) is 4.90 Å². The van der Waals surface area contributed by atoms with Crippen molar-refractivity contribution in [3.05, 3.63) is 0 Å². The predicted molar refractivity (Wildman–Crippen MR) is 62.1 cm³/mol. The minimum Gasteiger partial charge on any atom is -0.481 e. The second kappa shape index (κ2) is 7.56. The van der Waals surface area contributed by atoms with E-state index in [1.54, 1.807) is 23.7 Å². The molecule has 15 heavy (non-hydrogen) atoms. The molecule has 0 aliphatic carbocycles. The van der Waals surface area contributed by atoms with Crippen molar-refractivity contribution in [2.45, 2.75) is 31.9 Å². The molecule has 4 nitrogen and oxygen atoms in total. The largest absolute Gasteiger partial charge is 0.481 e. The molecule has 0 aromatic carbocycles. The number of aliphatic carboxylic acids is 1. The van der Waals surface area contributed by atoms with Gasteiger partial charge in [0.25, 0.3) is 0 Å². The molecule has 5 heteroatoms. The number of amides is 1. The molecule has 0 radical (unpaired) electrons. The summed E-state index contributed by atoms with van der Waals surface area (Å²) in [6, 6.07) is 0. The van der Waals surface area contributed by atoms with Gasteiger partial charge in [-0.2, -0.15) is 0 Å². The van der Waals surface area contributed by atoms with Crippen LogP contribution in [0.5, 0.6) is 0 Å². The Balaban J connectivity index is 3.64. The van der Waals surface area contributed by atoms with Crippen LogP contribution in [-0.2, 0) is 9.59 Å². The van der Waals surface area contributed by atoms with Crippen molar-refractivity contribution < 1.29 is 14.7 Å². The van der Waals surface area contributed by atoms with Gasteiger partial charge in [0.2, 0.25) is 5.91 Å². The zero-order valence-corrected chi connectivity index (χ0v) is 10.3. The molecule has 0 unspecified atom stereocenters. The Morgan fingerprint density at radius 2 is 2.00 bits per heavy atom. The number of rotatable bonds is 7. The monoisotopic (exact) mass is 233 g/mol. The summed E-state index contributed by atoms with van der Waals surface area (Å²) in [4.78, 5) is 23.3. The number of carboxylic acid groups (broad SMARTS) is 1. The molecule has 0 aliphatic rings. The molecule has 0 rings (SSSR count). The topological polar surface area (TPSA) is 57.6 Å². The number of nitrogens with zero attached hydrogens (tertiary/aromatic N) is 1. The van der Waals surface area contributed by atoms with E-state index in [9.17, 15) is 9.59 Å². The number of carboxylic acids is 1. The molecule has 1 N–H and O–H groups in total. The highest BCUT2D eigenvalue weighted by molar-refractivity contribution is 8.00. The van der Waals surface area contributed by atoms with Crippen LogP contribution in [0.25, 0.3) is 0 Å². The lowest BCUT2D eigenvalue weighted by atomic mass is 10.3. The molecule has 0 saturated carbocycles. The van der Waals surface area contributed by atoms with Crippen molar-refractivity contribution in [1.29, 1.82) is 0 Å². The Kier molecular flexibility index (Phi) is 7.21. The van der Waals surface area contributed by atoms with Crippen LogP contribution in [0.4, 0.5) is 0 Å². The predicted octanol–water partition coefficient (Wildman–Crippen LogP) is 1.45. The average molecular weight is 233 g/mol. The van der Waals surface area contributed by atoms with Gasteiger partial charge in [-0.15, -0.1) is 11.8 Å². The smallest absolute Gasteiger partial charge is 0.303 e. The van der Waals surface area contributed by atoms with Crippen LogP contribution in [0.1, 0.15) is 26.7 Å². The van der Waals surface area contributed by atoms with Gasteiger partial charge in [-0.1, -0.05) is 13.8 Å². The van der Waals surface area contributed by atoms with Crippen molar-refractivity contribution in [2.24, 2.45) is 0 Å². The number of hydrogen-bond acceptors (Lipinski definition) is 3. The fourth-order valence-electron chi connectivity index (χ4n) is 0.940. The maximum atomic E-state index is 11.5. The highest BCUT2D eigenvalue weighted by Gasteiger charge is 2.09. The van der Waals surface area contributed by atoms with Gasteiger partial charge in [0, 0.05) is 20.0 Å². The van der Waals surface area contributed by atoms with Crippen LogP contribution in [0.3, 0.4) is 0 Å². The summed E-state index contributed by atoms with van der Waals surface area (Å²) in [7, 11) is 1.71.